The minimum atomic E-state index is -0.418. The van der Waals surface area contributed by atoms with E-state index in [0.29, 0.717) is 5.65 Å². The van der Waals surface area contributed by atoms with Gasteiger partial charge in [-0.15, -0.1) is 15.3 Å². The Labute approximate surface area is 173 Å². The molecule has 4 rings (SSSR count). The summed E-state index contributed by atoms with van der Waals surface area (Å²) in [7, 11) is 1.76. The first-order valence-electron chi connectivity index (χ1n) is 9.87. The van der Waals surface area contributed by atoms with Crippen molar-refractivity contribution in [3.63, 3.8) is 0 Å². The maximum atomic E-state index is 13.1. The van der Waals surface area contributed by atoms with Gasteiger partial charge < -0.3 is 9.80 Å². The Kier molecular flexibility index (Phi) is 5.30. The second kappa shape index (κ2) is 8.05. The molecule has 3 heterocycles. The molecule has 1 saturated heterocycles. The van der Waals surface area contributed by atoms with E-state index in [4.69, 9.17) is 0 Å². The highest BCUT2D eigenvalue weighted by molar-refractivity contribution is 5.79. The van der Waals surface area contributed by atoms with E-state index in [1.807, 2.05) is 25.1 Å². The fraction of sp³-hybridized carbons (Fsp3) is 0.400. The lowest BCUT2D eigenvalue weighted by molar-refractivity contribution is -0.384. The van der Waals surface area contributed by atoms with E-state index in [9.17, 15) is 14.9 Å². The molecule has 1 fully saturated rings. The first-order valence-corrected chi connectivity index (χ1v) is 9.87. The molecule has 2 aromatic heterocycles. The van der Waals surface area contributed by atoms with E-state index in [1.54, 1.807) is 28.9 Å². The molecule has 0 spiro atoms. The molecule has 30 heavy (non-hydrogen) atoms. The van der Waals surface area contributed by atoms with Crippen molar-refractivity contribution in [2.45, 2.75) is 25.8 Å². The van der Waals surface area contributed by atoms with Crippen LogP contribution in [-0.4, -0.2) is 55.7 Å². The Morgan fingerprint density at radius 2 is 2.03 bits per heavy atom. The van der Waals surface area contributed by atoms with Crippen LogP contribution in [0.2, 0.25) is 0 Å². The van der Waals surface area contributed by atoms with Gasteiger partial charge in [-0.25, -0.2) is 0 Å². The number of benzene rings is 1. The van der Waals surface area contributed by atoms with Gasteiger partial charge in [0.05, 0.1) is 11.0 Å². The summed E-state index contributed by atoms with van der Waals surface area (Å²) in [6.07, 6.45) is 3.03. The van der Waals surface area contributed by atoms with Crippen LogP contribution in [0.4, 0.5) is 11.5 Å². The van der Waals surface area contributed by atoms with Crippen molar-refractivity contribution < 1.29 is 9.72 Å². The Morgan fingerprint density at radius 1 is 1.27 bits per heavy atom. The van der Waals surface area contributed by atoms with Gasteiger partial charge in [-0.05, 0) is 37.5 Å². The van der Waals surface area contributed by atoms with Gasteiger partial charge in [-0.1, -0.05) is 12.1 Å². The number of fused-ring (bicyclic) bond motifs is 1. The number of carbonyl (C=O) groups excluding carboxylic acids is 1. The minimum Gasteiger partial charge on any atom is -0.355 e. The molecule has 0 radical (unpaired) electrons. The molecule has 1 atom stereocenters. The number of anilines is 1. The number of nitrogens with zero attached hydrogens (tertiary/aromatic N) is 7. The predicted molar refractivity (Wildman–Crippen MR) is 110 cm³/mol. The number of carbonyl (C=O) groups is 1. The SMILES string of the molecule is CC(c1cccc([N+](=O)[O-])c1)N(C)C(=O)C1CCN(c2ccc3nncn3n2)CC1. The Morgan fingerprint density at radius 3 is 2.77 bits per heavy atom. The Balaban J connectivity index is 1.39. The van der Waals surface area contributed by atoms with E-state index in [0.717, 1.165) is 37.3 Å². The van der Waals surface area contributed by atoms with Gasteiger partial charge in [0.2, 0.25) is 5.91 Å². The van der Waals surface area contributed by atoms with Crippen molar-refractivity contribution in [3.05, 3.63) is 58.4 Å². The summed E-state index contributed by atoms with van der Waals surface area (Å²) in [5, 5.41) is 23.4. The van der Waals surface area contributed by atoms with E-state index >= 15 is 0 Å². The summed E-state index contributed by atoms with van der Waals surface area (Å²) >= 11 is 0. The third kappa shape index (κ3) is 3.80. The molecule has 0 saturated carbocycles. The van der Waals surface area contributed by atoms with Crippen LogP contribution in [0.25, 0.3) is 5.65 Å². The summed E-state index contributed by atoms with van der Waals surface area (Å²) in [6.45, 7) is 3.36. The lowest BCUT2D eigenvalue weighted by Gasteiger charge is -2.35. The molecule has 1 aliphatic rings. The van der Waals surface area contributed by atoms with Gasteiger partial charge in [0, 0.05) is 38.2 Å². The highest BCUT2D eigenvalue weighted by Crippen LogP contribution is 2.28. The number of piperidine rings is 1. The fourth-order valence-corrected chi connectivity index (χ4v) is 3.84. The summed E-state index contributed by atoms with van der Waals surface area (Å²) in [4.78, 5) is 27.5. The second-order valence-corrected chi connectivity index (χ2v) is 7.56. The van der Waals surface area contributed by atoms with Crippen molar-refractivity contribution in [2.75, 3.05) is 25.0 Å². The number of hydrogen-bond acceptors (Lipinski definition) is 7. The maximum absolute atomic E-state index is 13.1. The monoisotopic (exact) mass is 409 g/mol. The zero-order valence-corrected chi connectivity index (χ0v) is 16.9. The van der Waals surface area contributed by atoms with Gasteiger partial charge in [0.25, 0.3) is 5.69 Å². The summed E-state index contributed by atoms with van der Waals surface area (Å²) in [5.74, 6) is 0.827. The standard InChI is InChI=1S/C20H23N7O3/c1-14(16-4-3-5-17(12-16)27(29)30)24(2)20(28)15-8-10-25(11-9-15)19-7-6-18-22-21-13-26(18)23-19/h3-7,12-15H,8-11H2,1-2H3. The summed E-state index contributed by atoms with van der Waals surface area (Å²) in [5.41, 5.74) is 1.48. The molecular formula is C20H23N7O3. The number of aromatic nitrogens is 4. The number of nitro groups is 1. The molecule has 0 aliphatic carbocycles. The number of rotatable bonds is 5. The zero-order valence-electron chi connectivity index (χ0n) is 16.9. The fourth-order valence-electron chi connectivity index (χ4n) is 3.84. The number of nitro benzene ring substituents is 1. The molecule has 0 N–H and O–H groups in total. The van der Waals surface area contributed by atoms with Gasteiger partial charge in [0.1, 0.15) is 12.1 Å². The van der Waals surface area contributed by atoms with E-state index in [1.165, 1.54) is 12.1 Å². The van der Waals surface area contributed by atoms with Crippen LogP contribution in [0.1, 0.15) is 31.4 Å². The molecule has 0 bridgehead atoms. The largest absolute Gasteiger partial charge is 0.355 e. The van der Waals surface area contributed by atoms with Crippen molar-refractivity contribution in [1.82, 2.24) is 24.7 Å². The molecule has 1 amide bonds. The number of amides is 1. The highest BCUT2D eigenvalue weighted by Gasteiger charge is 2.30. The molecule has 1 aromatic carbocycles. The van der Waals surface area contributed by atoms with Crippen molar-refractivity contribution >= 4 is 23.1 Å². The molecule has 10 heteroatoms. The first kappa shape index (κ1) is 19.7. The molecule has 1 aliphatic heterocycles. The summed E-state index contributed by atoms with van der Waals surface area (Å²) in [6, 6.07) is 10.0. The molecule has 3 aromatic rings. The van der Waals surface area contributed by atoms with Crippen LogP contribution in [0.15, 0.2) is 42.7 Å². The first-order chi connectivity index (χ1) is 14.4. The smallest absolute Gasteiger partial charge is 0.269 e. The quantitative estimate of drug-likeness (QED) is 0.470. The number of non-ortho nitro benzene ring substituents is 1. The average molecular weight is 409 g/mol. The second-order valence-electron chi connectivity index (χ2n) is 7.56. The normalized spacial score (nSPS) is 15.9. The third-order valence-electron chi connectivity index (χ3n) is 5.81. The van der Waals surface area contributed by atoms with Gasteiger partial charge >= 0.3 is 0 Å². The highest BCUT2D eigenvalue weighted by atomic mass is 16.6. The van der Waals surface area contributed by atoms with Crippen LogP contribution in [0.3, 0.4) is 0 Å². The third-order valence-corrected chi connectivity index (χ3v) is 5.81. The van der Waals surface area contributed by atoms with E-state index < -0.39 is 4.92 Å². The zero-order chi connectivity index (χ0) is 21.3. The minimum absolute atomic E-state index is 0.0334. The van der Waals surface area contributed by atoms with Crippen LogP contribution in [-0.2, 0) is 4.79 Å². The van der Waals surface area contributed by atoms with Crippen LogP contribution in [0, 0.1) is 16.0 Å². The topological polar surface area (TPSA) is 110 Å². The molecule has 156 valence electrons. The molecular weight excluding hydrogens is 386 g/mol. The van der Waals surface area contributed by atoms with Crippen LogP contribution < -0.4 is 4.90 Å². The number of hydrogen-bond donors (Lipinski definition) is 0. The maximum Gasteiger partial charge on any atom is 0.269 e. The molecule has 10 nitrogen and oxygen atoms in total. The van der Waals surface area contributed by atoms with Gasteiger partial charge in [-0.2, -0.15) is 4.52 Å². The summed E-state index contributed by atoms with van der Waals surface area (Å²) < 4.78 is 1.64. The Hall–Kier alpha value is -3.56. The van der Waals surface area contributed by atoms with E-state index in [-0.39, 0.29) is 23.6 Å². The van der Waals surface area contributed by atoms with Gasteiger partial charge in [-0.3, -0.25) is 14.9 Å². The predicted octanol–water partition coefficient (Wildman–Crippen LogP) is 2.47. The van der Waals surface area contributed by atoms with Crippen LogP contribution in [0.5, 0.6) is 0 Å². The van der Waals surface area contributed by atoms with Gasteiger partial charge in [0.15, 0.2) is 5.65 Å². The lowest BCUT2D eigenvalue weighted by atomic mass is 9.94. The van der Waals surface area contributed by atoms with Crippen molar-refractivity contribution in [3.8, 4) is 0 Å². The lowest BCUT2D eigenvalue weighted by Crippen LogP contribution is -2.42. The Bertz CT molecular complexity index is 1070. The average Bonchev–Trinajstić information content (AvgIpc) is 3.25. The van der Waals surface area contributed by atoms with Crippen LogP contribution >= 0.6 is 0 Å². The van der Waals surface area contributed by atoms with Crippen molar-refractivity contribution in [1.29, 1.82) is 0 Å². The molecule has 1 unspecified atom stereocenters. The van der Waals surface area contributed by atoms with E-state index in [2.05, 4.69) is 20.2 Å². The van der Waals surface area contributed by atoms with Crippen molar-refractivity contribution in [2.24, 2.45) is 5.92 Å².